The highest BCUT2D eigenvalue weighted by Crippen LogP contribution is 2.60. The van der Waals surface area contributed by atoms with E-state index in [0.29, 0.717) is 5.75 Å². The summed E-state index contributed by atoms with van der Waals surface area (Å²) in [5.41, 5.74) is -2.26. The number of aromatic hydroxyl groups is 1. The molecule has 3 aliphatic rings. The summed E-state index contributed by atoms with van der Waals surface area (Å²) in [5, 5.41) is 9.96. The van der Waals surface area contributed by atoms with Crippen LogP contribution in [0.1, 0.15) is 20.7 Å². The molecule has 0 radical (unpaired) electrons. The molecule has 1 N–H and O–H groups in total. The first-order valence-electron chi connectivity index (χ1n) is 5.84. The highest BCUT2D eigenvalue weighted by molar-refractivity contribution is 6.26. The Bertz CT molecular complexity index is 651. The van der Waals surface area contributed by atoms with Crippen LogP contribution >= 0.6 is 0 Å². The summed E-state index contributed by atoms with van der Waals surface area (Å²) < 4.78 is 15.7. The van der Waals surface area contributed by atoms with Crippen LogP contribution in [0.25, 0.3) is 0 Å². The zero-order chi connectivity index (χ0) is 13.4. The summed E-state index contributed by atoms with van der Waals surface area (Å²) in [6.07, 6.45) is 0. The van der Waals surface area contributed by atoms with Crippen LogP contribution < -0.4 is 4.74 Å². The fourth-order valence-corrected chi connectivity index (χ4v) is 3.05. The summed E-state index contributed by atoms with van der Waals surface area (Å²) in [5.74, 6) is -0.660. The number of Topliss-reactive ketones (excluding diaryl/α,β-unsaturated/α-hetero) is 2. The molecule has 2 heterocycles. The van der Waals surface area contributed by atoms with Gasteiger partial charge in [0.05, 0.1) is 25.9 Å². The number of carbonyl (C=O) groups excluding carboxylic acids is 2. The standard InChI is InChI=1S/C13H10O6/c1-17-6-2-7-9(8(14)3-6)11(16)13-5-18-4-12(13,19-13)10(7)15/h2-3,14H,4-5H2,1H3/t12-,13+/m0/s1. The SMILES string of the molecule is COc1cc(O)c2c(c1)C(=O)[C@@]13COC[C@@]1(O3)C2=O. The van der Waals surface area contributed by atoms with E-state index >= 15 is 0 Å². The van der Waals surface area contributed by atoms with E-state index in [1.165, 1.54) is 19.2 Å². The largest absolute Gasteiger partial charge is 0.507 e. The molecule has 0 amide bonds. The van der Waals surface area contributed by atoms with Crippen LogP contribution in [-0.2, 0) is 9.47 Å². The zero-order valence-corrected chi connectivity index (χ0v) is 10.1. The molecular weight excluding hydrogens is 252 g/mol. The quantitative estimate of drug-likeness (QED) is 0.733. The number of hydrogen-bond donors (Lipinski definition) is 1. The van der Waals surface area contributed by atoms with Gasteiger partial charge in [-0.15, -0.1) is 0 Å². The van der Waals surface area contributed by atoms with Crippen molar-refractivity contribution in [3.8, 4) is 11.5 Å². The molecule has 2 aliphatic heterocycles. The fourth-order valence-electron chi connectivity index (χ4n) is 3.05. The van der Waals surface area contributed by atoms with Crippen LogP contribution in [0.2, 0.25) is 0 Å². The number of ether oxygens (including phenoxy) is 3. The van der Waals surface area contributed by atoms with Gasteiger partial charge in [-0.1, -0.05) is 0 Å². The molecule has 2 fully saturated rings. The van der Waals surface area contributed by atoms with E-state index in [-0.39, 0.29) is 41.7 Å². The van der Waals surface area contributed by atoms with Gasteiger partial charge < -0.3 is 19.3 Å². The number of epoxide rings is 1. The maximum absolute atomic E-state index is 12.5. The zero-order valence-electron chi connectivity index (χ0n) is 10.1. The average molecular weight is 262 g/mol. The third-order valence-electron chi connectivity index (χ3n) is 4.10. The second-order valence-corrected chi connectivity index (χ2v) is 4.98. The predicted molar refractivity (Wildman–Crippen MR) is 60.7 cm³/mol. The van der Waals surface area contributed by atoms with Crippen molar-refractivity contribution >= 4 is 11.6 Å². The molecule has 0 bridgehead atoms. The van der Waals surface area contributed by atoms with Gasteiger partial charge in [0, 0.05) is 11.6 Å². The van der Waals surface area contributed by atoms with E-state index in [1.807, 2.05) is 0 Å². The van der Waals surface area contributed by atoms with E-state index < -0.39 is 11.2 Å². The Morgan fingerprint density at radius 1 is 1.21 bits per heavy atom. The van der Waals surface area contributed by atoms with Gasteiger partial charge >= 0.3 is 0 Å². The lowest BCUT2D eigenvalue weighted by Crippen LogP contribution is -2.44. The molecule has 0 spiro atoms. The van der Waals surface area contributed by atoms with E-state index in [9.17, 15) is 14.7 Å². The van der Waals surface area contributed by atoms with Gasteiger partial charge in [-0.05, 0) is 6.07 Å². The number of phenols is 1. The first-order chi connectivity index (χ1) is 9.06. The molecule has 0 unspecified atom stereocenters. The molecule has 98 valence electrons. The molecule has 1 aromatic carbocycles. The van der Waals surface area contributed by atoms with Crippen LogP contribution in [0.3, 0.4) is 0 Å². The van der Waals surface area contributed by atoms with E-state index in [2.05, 4.69) is 0 Å². The fraction of sp³-hybridized carbons (Fsp3) is 0.385. The molecule has 2 atom stereocenters. The van der Waals surface area contributed by atoms with Crippen molar-refractivity contribution in [2.45, 2.75) is 11.2 Å². The normalized spacial score (nSPS) is 34.6. The Balaban J connectivity index is 2.00. The Hall–Kier alpha value is -1.92. The highest BCUT2D eigenvalue weighted by atomic mass is 16.7. The Kier molecular flexibility index (Phi) is 1.71. The van der Waals surface area contributed by atoms with E-state index in [4.69, 9.17) is 14.2 Å². The monoisotopic (exact) mass is 262 g/mol. The summed E-state index contributed by atoms with van der Waals surface area (Å²) >= 11 is 0. The van der Waals surface area contributed by atoms with Crippen LogP contribution in [0.15, 0.2) is 12.1 Å². The molecule has 1 aliphatic carbocycles. The smallest absolute Gasteiger partial charge is 0.205 e. The summed E-state index contributed by atoms with van der Waals surface area (Å²) in [7, 11) is 1.42. The lowest BCUT2D eigenvalue weighted by molar-refractivity contribution is 0.0421. The topological polar surface area (TPSA) is 85.4 Å². The van der Waals surface area contributed by atoms with Crippen molar-refractivity contribution in [1.29, 1.82) is 0 Å². The predicted octanol–water partition coefficient (Wildman–Crippen LogP) is 0.318. The van der Waals surface area contributed by atoms with Crippen molar-refractivity contribution in [3.05, 3.63) is 23.3 Å². The molecule has 2 saturated heterocycles. The maximum Gasteiger partial charge on any atom is 0.205 e. The minimum absolute atomic E-state index is 0.00410. The van der Waals surface area contributed by atoms with Gasteiger partial charge in [0.15, 0.2) is 11.2 Å². The lowest BCUT2D eigenvalue weighted by atomic mass is 9.75. The molecule has 0 saturated carbocycles. The molecule has 6 heteroatoms. The second-order valence-electron chi connectivity index (χ2n) is 4.98. The van der Waals surface area contributed by atoms with Crippen LogP contribution in [-0.4, -0.2) is 48.2 Å². The number of hydrogen-bond acceptors (Lipinski definition) is 6. The van der Waals surface area contributed by atoms with Gasteiger partial charge in [-0.2, -0.15) is 0 Å². The van der Waals surface area contributed by atoms with Crippen molar-refractivity contribution < 1.29 is 28.9 Å². The third-order valence-corrected chi connectivity index (χ3v) is 4.10. The Morgan fingerprint density at radius 3 is 2.58 bits per heavy atom. The van der Waals surface area contributed by atoms with Gasteiger partial charge in [0.25, 0.3) is 0 Å². The Morgan fingerprint density at radius 2 is 1.89 bits per heavy atom. The van der Waals surface area contributed by atoms with Gasteiger partial charge in [0.2, 0.25) is 11.6 Å². The molecular formula is C13H10O6. The van der Waals surface area contributed by atoms with Crippen molar-refractivity contribution in [2.75, 3.05) is 20.3 Å². The number of fused-ring (bicyclic) bond motifs is 1. The first-order valence-corrected chi connectivity index (χ1v) is 5.84. The molecule has 4 rings (SSSR count). The molecule has 6 nitrogen and oxygen atoms in total. The Labute approximate surface area is 107 Å². The number of ketones is 2. The number of phenolic OH excluding ortho intramolecular Hbond substituents is 1. The van der Waals surface area contributed by atoms with Crippen LogP contribution in [0, 0.1) is 0 Å². The van der Waals surface area contributed by atoms with Gasteiger partial charge in [0.1, 0.15) is 11.5 Å². The average Bonchev–Trinajstić information content (AvgIpc) is 2.94. The lowest BCUT2D eigenvalue weighted by Gasteiger charge is -2.19. The molecule has 0 aromatic heterocycles. The summed E-state index contributed by atoms with van der Waals surface area (Å²) in [6.45, 7) is 0.136. The van der Waals surface area contributed by atoms with Gasteiger partial charge in [-0.3, -0.25) is 9.59 Å². The molecule has 1 aromatic rings. The minimum Gasteiger partial charge on any atom is -0.507 e. The van der Waals surface area contributed by atoms with Crippen molar-refractivity contribution in [1.82, 2.24) is 0 Å². The van der Waals surface area contributed by atoms with Crippen LogP contribution in [0.5, 0.6) is 11.5 Å². The minimum atomic E-state index is -1.22. The van der Waals surface area contributed by atoms with Crippen molar-refractivity contribution in [3.63, 3.8) is 0 Å². The maximum atomic E-state index is 12.5. The summed E-state index contributed by atoms with van der Waals surface area (Å²) in [4.78, 5) is 25.0. The van der Waals surface area contributed by atoms with E-state index in [1.54, 1.807) is 0 Å². The number of rotatable bonds is 1. The number of methoxy groups -OCH3 is 1. The highest BCUT2D eigenvalue weighted by Gasteiger charge is 2.84. The first kappa shape index (κ1) is 11.0. The third kappa shape index (κ3) is 0.978. The van der Waals surface area contributed by atoms with Crippen LogP contribution in [0.4, 0.5) is 0 Å². The molecule has 19 heavy (non-hydrogen) atoms. The number of benzene rings is 1. The van der Waals surface area contributed by atoms with Crippen molar-refractivity contribution in [2.24, 2.45) is 0 Å². The number of carbonyl (C=O) groups is 2. The van der Waals surface area contributed by atoms with E-state index in [0.717, 1.165) is 0 Å². The summed E-state index contributed by atoms with van der Waals surface area (Å²) in [6, 6.07) is 2.76. The second kappa shape index (κ2) is 2.97. The van der Waals surface area contributed by atoms with Gasteiger partial charge in [-0.25, -0.2) is 0 Å².